The molecule has 3 atom stereocenters. The van der Waals surface area contributed by atoms with Gasteiger partial charge in [-0.25, -0.2) is 0 Å². The van der Waals surface area contributed by atoms with Crippen LogP contribution < -0.4 is 5.32 Å². The minimum Gasteiger partial charge on any atom is -0.345 e. The van der Waals surface area contributed by atoms with Crippen LogP contribution in [-0.4, -0.2) is 37.5 Å². The van der Waals surface area contributed by atoms with Gasteiger partial charge in [-0.3, -0.25) is 4.79 Å². The molecule has 114 valence electrons. The number of nitrogens with one attached hydrogen (secondary N) is 1. The molecule has 3 unspecified atom stereocenters. The second kappa shape index (κ2) is 6.46. The molecule has 0 spiro atoms. The number of hydrogen-bond acceptors (Lipinski definition) is 2. The van der Waals surface area contributed by atoms with E-state index in [1.807, 2.05) is 11.9 Å². The molecule has 2 bridgehead atoms. The lowest BCUT2D eigenvalue weighted by Crippen LogP contribution is -2.34. The summed E-state index contributed by atoms with van der Waals surface area (Å²) in [7, 11) is 2.02. The molecule has 3 nitrogen and oxygen atoms in total. The average Bonchev–Trinajstić information content (AvgIpc) is 3.08. The van der Waals surface area contributed by atoms with Crippen LogP contribution in [-0.2, 0) is 4.79 Å². The van der Waals surface area contributed by atoms with Crippen LogP contribution in [0.2, 0.25) is 0 Å². The molecular formula is C17H30N2O. The van der Waals surface area contributed by atoms with Gasteiger partial charge in [-0.05, 0) is 75.3 Å². The van der Waals surface area contributed by atoms with E-state index in [0.29, 0.717) is 5.91 Å². The van der Waals surface area contributed by atoms with Gasteiger partial charge in [0.1, 0.15) is 0 Å². The van der Waals surface area contributed by atoms with Gasteiger partial charge in [0.05, 0.1) is 0 Å². The van der Waals surface area contributed by atoms with E-state index < -0.39 is 0 Å². The molecule has 3 rings (SSSR count). The van der Waals surface area contributed by atoms with E-state index >= 15 is 0 Å². The summed E-state index contributed by atoms with van der Waals surface area (Å²) in [6.45, 7) is 3.30. The number of hydrogen-bond donors (Lipinski definition) is 1. The lowest BCUT2D eigenvalue weighted by Gasteiger charge is -2.28. The Morgan fingerprint density at radius 2 is 1.95 bits per heavy atom. The second-order valence-corrected chi connectivity index (χ2v) is 7.44. The largest absolute Gasteiger partial charge is 0.345 e. The first-order chi connectivity index (χ1) is 9.72. The summed E-state index contributed by atoms with van der Waals surface area (Å²) in [4.78, 5) is 14.3. The fraction of sp³-hybridized carbons (Fsp3) is 0.941. The molecule has 0 aromatic heterocycles. The molecule has 0 aromatic rings. The van der Waals surface area contributed by atoms with Crippen molar-refractivity contribution in [3.63, 3.8) is 0 Å². The number of nitrogens with zero attached hydrogens (tertiary/aromatic N) is 1. The van der Waals surface area contributed by atoms with E-state index in [2.05, 4.69) is 5.32 Å². The third-order valence-electron chi connectivity index (χ3n) is 6.04. The monoisotopic (exact) mass is 278 g/mol. The molecule has 1 heterocycles. The molecule has 3 aliphatic rings. The predicted molar refractivity (Wildman–Crippen MR) is 81.4 cm³/mol. The molecule has 3 fully saturated rings. The third kappa shape index (κ3) is 3.36. The maximum atomic E-state index is 12.3. The van der Waals surface area contributed by atoms with Crippen molar-refractivity contribution in [1.29, 1.82) is 0 Å². The highest BCUT2D eigenvalue weighted by molar-refractivity contribution is 5.75. The normalized spacial score (nSPS) is 33.5. The molecule has 2 aliphatic carbocycles. The van der Waals surface area contributed by atoms with E-state index in [-0.39, 0.29) is 0 Å². The van der Waals surface area contributed by atoms with E-state index in [9.17, 15) is 4.79 Å². The number of amides is 1. The maximum absolute atomic E-state index is 12.3. The molecular weight excluding hydrogens is 248 g/mol. The smallest absolute Gasteiger partial charge is 0.222 e. The first-order valence-corrected chi connectivity index (χ1v) is 8.67. The van der Waals surface area contributed by atoms with Gasteiger partial charge in [0.2, 0.25) is 5.91 Å². The van der Waals surface area contributed by atoms with E-state index in [4.69, 9.17) is 0 Å². The fourth-order valence-corrected chi connectivity index (χ4v) is 4.74. The van der Waals surface area contributed by atoms with E-state index in [1.165, 1.54) is 38.5 Å². The molecule has 3 heteroatoms. The van der Waals surface area contributed by atoms with Crippen LogP contribution in [0.25, 0.3) is 0 Å². The summed E-state index contributed by atoms with van der Waals surface area (Å²) < 4.78 is 0. The molecule has 1 aliphatic heterocycles. The van der Waals surface area contributed by atoms with E-state index in [1.54, 1.807) is 0 Å². The first kappa shape index (κ1) is 14.4. The Morgan fingerprint density at radius 3 is 2.60 bits per heavy atom. The van der Waals surface area contributed by atoms with Gasteiger partial charge in [0.15, 0.2) is 0 Å². The highest BCUT2D eigenvalue weighted by Crippen LogP contribution is 2.48. The quantitative estimate of drug-likeness (QED) is 0.838. The molecule has 20 heavy (non-hydrogen) atoms. The number of carbonyl (C=O) groups is 1. The molecule has 0 radical (unpaired) electrons. The summed E-state index contributed by atoms with van der Waals surface area (Å²) in [5.74, 6) is 3.88. The second-order valence-electron chi connectivity index (χ2n) is 7.44. The molecule has 0 aromatic carbocycles. The Kier molecular flexibility index (Phi) is 4.65. The van der Waals surface area contributed by atoms with Gasteiger partial charge < -0.3 is 10.2 Å². The zero-order valence-corrected chi connectivity index (χ0v) is 12.9. The zero-order chi connectivity index (χ0) is 13.9. The summed E-state index contributed by atoms with van der Waals surface area (Å²) in [5, 5.41) is 3.39. The SMILES string of the molecule is CN(CC1CC2CCC1C2)C(=O)CCC1CCNCC1. The zero-order valence-electron chi connectivity index (χ0n) is 12.9. The minimum atomic E-state index is 0.381. The van der Waals surface area contributed by atoms with Crippen molar-refractivity contribution in [2.24, 2.45) is 23.7 Å². The summed E-state index contributed by atoms with van der Waals surface area (Å²) in [6.07, 6.45) is 10.1. The van der Waals surface area contributed by atoms with Crippen LogP contribution in [0.3, 0.4) is 0 Å². The highest BCUT2D eigenvalue weighted by atomic mass is 16.2. The Balaban J connectivity index is 1.38. The van der Waals surface area contributed by atoms with Crippen molar-refractivity contribution >= 4 is 5.91 Å². The number of carbonyl (C=O) groups excluding carboxylic acids is 1. The van der Waals surface area contributed by atoms with Crippen molar-refractivity contribution in [1.82, 2.24) is 10.2 Å². The summed E-state index contributed by atoms with van der Waals surface area (Å²) in [5.41, 5.74) is 0. The Hall–Kier alpha value is -0.570. The van der Waals surface area contributed by atoms with Gasteiger partial charge in [0.25, 0.3) is 0 Å². The van der Waals surface area contributed by atoms with Crippen LogP contribution in [0, 0.1) is 23.7 Å². The maximum Gasteiger partial charge on any atom is 0.222 e. The summed E-state index contributed by atoms with van der Waals surface area (Å²) >= 11 is 0. The van der Waals surface area contributed by atoms with Crippen molar-refractivity contribution in [2.75, 3.05) is 26.7 Å². The molecule has 1 saturated heterocycles. The lowest BCUT2D eigenvalue weighted by molar-refractivity contribution is -0.131. The summed E-state index contributed by atoms with van der Waals surface area (Å²) in [6, 6.07) is 0. The minimum absolute atomic E-state index is 0.381. The van der Waals surface area contributed by atoms with Crippen LogP contribution in [0.1, 0.15) is 51.4 Å². The number of fused-ring (bicyclic) bond motifs is 2. The van der Waals surface area contributed by atoms with E-state index in [0.717, 1.165) is 56.1 Å². The van der Waals surface area contributed by atoms with Gasteiger partial charge in [-0.15, -0.1) is 0 Å². The van der Waals surface area contributed by atoms with Crippen LogP contribution in [0.5, 0.6) is 0 Å². The van der Waals surface area contributed by atoms with Crippen molar-refractivity contribution in [2.45, 2.75) is 51.4 Å². The van der Waals surface area contributed by atoms with Crippen LogP contribution in [0.4, 0.5) is 0 Å². The van der Waals surface area contributed by atoms with Crippen LogP contribution >= 0.6 is 0 Å². The van der Waals surface area contributed by atoms with Crippen molar-refractivity contribution in [3.05, 3.63) is 0 Å². The van der Waals surface area contributed by atoms with Gasteiger partial charge in [-0.2, -0.15) is 0 Å². The number of rotatable bonds is 5. The van der Waals surface area contributed by atoms with Gasteiger partial charge in [0, 0.05) is 20.0 Å². The van der Waals surface area contributed by atoms with Crippen molar-refractivity contribution < 1.29 is 4.79 Å². The molecule has 2 saturated carbocycles. The van der Waals surface area contributed by atoms with Crippen molar-refractivity contribution in [3.8, 4) is 0 Å². The predicted octanol–water partition coefficient (Wildman–Crippen LogP) is 2.66. The molecule has 1 N–H and O–H groups in total. The van der Waals surface area contributed by atoms with Crippen LogP contribution in [0.15, 0.2) is 0 Å². The first-order valence-electron chi connectivity index (χ1n) is 8.67. The Bertz CT molecular complexity index is 338. The van der Waals surface area contributed by atoms with Gasteiger partial charge in [-0.1, -0.05) is 6.42 Å². The highest BCUT2D eigenvalue weighted by Gasteiger charge is 2.40. The standard InChI is InChI=1S/C17H30N2O/c1-19(12-16-11-14-2-4-15(16)10-14)17(20)5-3-13-6-8-18-9-7-13/h13-16,18H,2-12H2,1H3. The topological polar surface area (TPSA) is 32.3 Å². The lowest BCUT2D eigenvalue weighted by atomic mass is 9.88. The Morgan fingerprint density at radius 1 is 1.15 bits per heavy atom. The Labute approximate surface area is 123 Å². The van der Waals surface area contributed by atoms with Gasteiger partial charge >= 0.3 is 0 Å². The fourth-order valence-electron chi connectivity index (χ4n) is 4.74. The average molecular weight is 278 g/mol. The number of piperidine rings is 1. The molecule has 1 amide bonds. The third-order valence-corrected chi connectivity index (χ3v) is 6.04.